The monoisotopic (exact) mass is 367 g/mol. The number of nitrogens with zero attached hydrogens (tertiary/aromatic N) is 1. The van der Waals surface area contributed by atoms with E-state index < -0.39 is 23.4 Å². The Morgan fingerprint density at radius 3 is 2.41 bits per heavy atom. The number of imide groups is 1. The lowest BCUT2D eigenvalue weighted by atomic mass is 9.92. The van der Waals surface area contributed by atoms with E-state index in [0.717, 1.165) is 0 Å². The number of urea groups is 1. The Labute approximate surface area is 155 Å². The van der Waals surface area contributed by atoms with Crippen molar-refractivity contribution in [3.8, 4) is 11.5 Å². The van der Waals surface area contributed by atoms with Crippen LogP contribution in [0.25, 0.3) is 0 Å². The van der Waals surface area contributed by atoms with Crippen LogP contribution in [-0.2, 0) is 15.1 Å². The summed E-state index contributed by atoms with van der Waals surface area (Å²) in [6, 6.07) is 13.4. The Bertz CT molecular complexity index is 944. The molecule has 4 amide bonds. The van der Waals surface area contributed by atoms with E-state index in [4.69, 9.17) is 9.47 Å². The van der Waals surface area contributed by atoms with E-state index in [9.17, 15) is 14.4 Å². The molecule has 0 saturated carbocycles. The summed E-state index contributed by atoms with van der Waals surface area (Å²) in [5.41, 5.74) is -0.683. The van der Waals surface area contributed by atoms with Gasteiger partial charge in [0.2, 0.25) is 5.54 Å². The first-order valence-corrected chi connectivity index (χ1v) is 8.39. The van der Waals surface area contributed by atoms with E-state index >= 15 is 0 Å². The molecule has 2 aromatic rings. The summed E-state index contributed by atoms with van der Waals surface area (Å²) in [7, 11) is 1.55. The molecule has 0 bridgehead atoms. The number of fused-ring (bicyclic) bond motifs is 2. The van der Waals surface area contributed by atoms with Crippen LogP contribution in [0, 0.1) is 0 Å². The molecule has 0 aliphatic carbocycles. The average molecular weight is 367 g/mol. The van der Waals surface area contributed by atoms with Gasteiger partial charge in [-0.25, -0.2) is 4.79 Å². The average Bonchev–Trinajstić information content (AvgIpc) is 3.11. The molecular weight excluding hydrogens is 350 g/mol. The fourth-order valence-corrected chi connectivity index (χ4v) is 3.46. The van der Waals surface area contributed by atoms with E-state index in [2.05, 4.69) is 10.6 Å². The van der Waals surface area contributed by atoms with Crippen molar-refractivity contribution in [2.45, 2.75) is 5.54 Å². The number of amides is 4. The molecule has 0 radical (unpaired) electrons. The first-order chi connectivity index (χ1) is 13.1. The number of methoxy groups -OCH3 is 1. The molecule has 2 N–H and O–H groups in total. The lowest BCUT2D eigenvalue weighted by Gasteiger charge is -2.21. The van der Waals surface area contributed by atoms with Crippen molar-refractivity contribution in [2.24, 2.45) is 0 Å². The second-order valence-electron chi connectivity index (χ2n) is 6.13. The van der Waals surface area contributed by atoms with Gasteiger partial charge in [0.1, 0.15) is 6.61 Å². The van der Waals surface area contributed by atoms with Crippen LogP contribution in [0.1, 0.15) is 5.56 Å². The molecule has 0 aromatic heterocycles. The molecule has 1 spiro atoms. The summed E-state index contributed by atoms with van der Waals surface area (Å²) >= 11 is 0. The summed E-state index contributed by atoms with van der Waals surface area (Å²) in [6.07, 6.45) is 0. The van der Waals surface area contributed by atoms with Crippen molar-refractivity contribution in [2.75, 3.05) is 25.2 Å². The lowest BCUT2D eigenvalue weighted by molar-refractivity contribution is -0.134. The molecule has 27 heavy (non-hydrogen) atoms. The number of carbonyl (C=O) groups excluding carboxylic acids is 3. The van der Waals surface area contributed by atoms with Crippen molar-refractivity contribution < 1.29 is 23.9 Å². The van der Waals surface area contributed by atoms with E-state index in [1.54, 1.807) is 43.5 Å². The van der Waals surface area contributed by atoms with Crippen molar-refractivity contribution in [1.82, 2.24) is 10.6 Å². The van der Waals surface area contributed by atoms with Crippen molar-refractivity contribution in [3.05, 3.63) is 54.1 Å². The number of benzene rings is 2. The zero-order chi connectivity index (χ0) is 19.0. The van der Waals surface area contributed by atoms with Crippen LogP contribution in [-0.4, -0.2) is 38.1 Å². The van der Waals surface area contributed by atoms with Gasteiger partial charge in [-0.1, -0.05) is 30.3 Å². The van der Waals surface area contributed by atoms with Gasteiger partial charge in [-0.3, -0.25) is 14.9 Å². The number of carbonyl (C=O) groups is 3. The van der Waals surface area contributed by atoms with Gasteiger partial charge in [0, 0.05) is 5.56 Å². The van der Waals surface area contributed by atoms with Crippen LogP contribution in [0.3, 0.4) is 0 Å². The van der Waals surface area contributed by atoms with Crippen LogP contribution in [0.4, 0.5) is 10.5 Å². The maximum atomic E-state index is 13.1. The summed E-state index contributed by atoms with van der Waals surface area (Å²) < 4.78 is 11.0. The van der Waals surface area contributed by atoms with Crippen molar-refractivity contribution in [1.29, 1.82) is 0 Å². The standard InChI is InChI=1S/C19H17N3O5/c1-26-14-8-4-5-9-15(14)27-11-10-22-13-7-3-2-6-12(13)19(17(22)24)16(23)20-18(25)21-19/h2-9H,10-11H2,1H3,(H2,20,21,23,25). The van der Waals surface area contributed by atoms with E-state index in [1.165, 1.54) is 4.90 Å². The lowest BCUT2D eigenvalue weighted by Crippen LogP contribution is -2.52. The quantitative estimate of drug-likeness (QED) is 0.611. The normalized spacial score (nSPS) is 20.5. The molecule has 8 nitrogen and oxygen atoms in total. The predicted octanol–water partition coefficient (Wildman–Crippen LogP) is 1.16. The minimum Gasteiger partial charge on any atom is -0.493 e. The molecule has 2 heterocycles. The smallest absolute Gasteiger partial charge is 0.323 e. The van der Waals surface area contributed by atoms with Crippen LogP contribution < -0.4 is 25.0 Å². The maximum Gasteiger partial charge on any atom is 0.323 e. The number of anilines is 1. The highest BCUT2D eigenvalue weighted by molar-refractivity contribution is 6.27. The number of rotatable bonds is 5. The van der Waals surface area contributed by atoms with Gasteiger partial charge in [-0.15, -0.1) is 0 Å². The third kappa shape index (κ3) is 2.49. The topological polar surface area (TPSA) is 97.0 Å². The van der Waals surface area contributed by atoms with E-state index in [-0.39, 0.29) is 13.2 Å². The molecule has 8 heteroatoms. The van der Waals surface area contributed by atoms with Crippen LogP contribution in [0.5, 0.6) is 11.5 Å². The Kier molecular flexibility index (Phi) is 3.95. The van der Waals surface area contributed by atoms with Crippen molar-refractivity contribution in [3.63, 3.8) is 0 Å². The zero-order valence-corrected chi connectivity index (χ0v) is 14.5. The van der Waals surface area contributed by atoms with Crippen LogP contribution >= 0.6 is 0 Å². The van der Waals surface area contributed by atoms with Crippen molar-refractivity contribution >= 4 is 23.5 Å². The first-order valence-electron chi connectivity index (χ1n) is 8.39. The Morgan fingerprint density at radius 2 is 1.70 bits per heavy atom. The molecule has 2 aliphatic heterocycles. The van der Waals surface area contributed by atoms with Gasteiger partial charge in [0.15, 0.2) is 11.5 Å². The highest BCUT2D eigenvalue weighted by atomic mass is 16.5. The molecule has 1 unspecified atom stereocenters. The molecule has 1 saturated heterocycles. The number of nitrogens with one attached hydrogen (secondary N) is 2. The molecule has 4 rings (SSSR count). The molecule has 138 valence electrons. The first kappa shape index (κ1) is 16.9. The Hall–Kier alpha value is -3.55. The number of para-hydroxylation sites is 3. The second-order valence-corrected chi connectivity index (χ2v) is 6.13. The largest absolute Gasteiger partial charge is 0.493 e. The van der Waals surface area contributed by atoms with E-state index in [0.29, 0.717) is 22.7 Å². The zero-order valence-electron chi connectivity index (χ0n) is 14.5. The van der Waals surface area contributed by atoms with Gasteiger partial charge in [-0.2, -0.15) is 0 Å². The molecular formula is C19H17N3O5. The third-order valence-electron chi connectivity index (χ3n) is 4.68. The number of hydrogen-bond donors (Lipinski definition) is 2. The fourth-order valence-electron chi connectivity index (χ4n) is 3.46. The Balaban J connectivity index is 1.58. The van der Waals surface area contributed by atoms with Gasteiger partial charge in [0.25, 0.3) is 11.8 Å². The molecule has 1 fully saturated rings. The highest BCUT2D eigenvalue weighted by Crippen LogP contribution is 2.41. The number of hydrogen-bond acceptors (Lipinski definition) is 5. The molecule has 2 aliphatic rings. The number of ether oxygens (including phenoxy) is 2. The Morgan fingerprint density at radius 1 is 1.00 bits per heavy atom. The minimum atomic E-state index is -1.71. The summed E-state index contributed by atoms with van der Waals surface area (Å²) in [6.45, 7) is 0.394. The maximum absolute atomic E-state index is 13.1. The summed E-state index contributed by atoms with van der Waals surface area (Å²) in [5, 5.41) is 4.64. The van der Waals surface area contributed by atoms with Gasteiger partial charge < -0.3 is 19.7 Å². The predicted molar refractivity (Wildman–Crippen MR) is 95.6 cm³/mol. The minimum absolute atomic E-state index is 0.187. The van der Waals surface area contributed by atoms with Gasteiger partial charge in [-0.05, 0) is 18.2 Å². The SMILES string of the molecule is COc1ccccc1OCCN1C(=O)C2(NC(=O)NC2=O)c2ccccc21. The fraction of sp³-hybridized carbons (Fsp3) is 0.211. The molecule has 2 aromatic carbocycles. The summed E-state index contributed by atoms with van der Waals surface area (Å²) in [4.78, 5) is 38.6. The summed E-state index contributed by atoms with van der Waals surface area (Å²) in [5.74, 6) is -0.0279. The van der Waals surface area contributed by atoms with Crippen LogP contribution in [0.2, 0.25) is 0 Å². The van der Waals surface area contributed by atoms with Gasteiger partial charge >= 0.3 is 6.03 Å². The second kappa shape index (κ2) is 6.31. The van der Waals surface area contributed by atoms with Crippen LogP contribution in [0.15, 0.2) is 48.5 Å². The van der Waals surface area contributed by atoms with E-state index in [1.807, 2.05) is 12.1 Å². The highest BCUT2D eigenvalue weighted by Gasteiger charge is 2.61. The molecule has 1 atom stereocenters. The van der Waals surface area contributed by atoms with Gasteiger partial charge in [0.05, 0.1) is 19.3 Å². The third-order valence-corrected chi connectivity index (χ3v) is 4.68.